The first-order valence-corrected chi connectivity index (χ1v) is 6.66. The smallest absolute Gasteiger partial charge is 0.229 e. The number of para-hydroxylation sites is 1. The molecule has 0 bridgehead atoms. The number of alkyl halides is 1. The lowest BCUT2D eigenvalue weighted by Crippen LogP contribution is -2.10. The predicted molar refractivity (Wildman–Crippen MR) is 57.5 cm³/mol. The van der Waals surface area contributed by atoms with Crippen LogP contribution in [0.3, 0.4) is 0 Å². The molecule has 0 aliphatic rings. The van der Waals surface area contributed by atoms with Crippen molar-refractivity contribution in [3.8, 4) is 0 Å². The molecule has 0 saturated carbocycles. The van der Waals surface area contributed by atoms with Gasteiger partial charge in [0, 0.05) is 5.33 Å². The molecule has 1 aromatic carbocycles. The number of anilines is 1. The maximum absolute atomic E-state index is 10.9. The lowest BCUT2D eigenvalue weighted by Gasteiger charge is -2.07. The minimum atomic E-state index is -3.18. The van der Waals surface area contributed by atoms with Crippen molar-refractivity contribution in [2.45, 2.75) is 5.33 Å². The summed E-state index contributed by atoms with van der Waals surface area (Å²) in [6, 6.07) is 7.25. The third-order valence-corrected chi connectivity index (χ3v) is 2.65. The van der Waals surface area contributed by atoms with Crippen molar-refractivity contribution in [1.82, 2.24) is 0 Å². The summed E-state index contributed by atoms with van der Waals surface area (Å²) in [5, 5.41) is 0.631. The first-order chi connectivity index (χ1) is 6.03. The van der Waals surface area contributed by atoms with Gasteiger partial charge < -0.3 is 0 Å². The van der Waals surface area contributed by atoms with Crippen LogP contribution in [0.25, 0.3) is 0 Å². The van der Waals surface area contributed by atoms with E-state index in [-0.39, 0.29) is 0 Å². The zero-order valence-electron chi connectivity index (χ0n) is 7.12. The number of nitrogens with one attached hydrogen (secondary N) is 1. The molecular weight excluding hydrogens is 254 g/mol. The van der Waals surface area contributed by atoms with Gasteiger partial charge in [-0.15, -0.1) is 0 Å². The Morgan fingerprint density at radius 1 is 1.38 bits per heavy atom. The standard InChI is InChI=1S/C8H10BrNO2S/c1-13(11,12)10-8-5-3-2-4-7(8)6-9/h2-5,10H,6H2,1H3. The second-order valence-electron chi connectivity index (χ2n) is 2.67. The third kappa shape index (κ3) is 3.36. The Bertz CT molecular complexity index is 389. The highest BCUT2D eigenvalue weighted by Gasteiger charge is 2.04. The van der Waals surface area contributed by atoms with Crippen LogP contribution in [0.15, 0.2) is 24.3 Å². The van der Waals surface area contributed by atoms with Crippen LogP contribution < -0.4 is 4.72 Å². The molecule has 13 heavy (non-hydrogen) atoms. The van der Waals surface area contributed by atoms with Crippen LogP contribution in [0.5, 0.6) is 0 Å². The monoisotopic (exact) mass is 263 g/mol. The Balaban J connectivity index is 3.01. The molecule has 5 heteroatoms. The Kier molecular flexibility index (Phi) is 3.33. The molecule has 1 rings (SSSR count). The number of hydrogen-bond donors (Lipinski definition) is 1. The van der Waals surface area contributed by atoms with Crippen molar-refractivity contribution in [2.24, 2.45) is 0 Å². The highest BCUT2D eigenvalue weighted by atomic mass is 79.9. The van der Waals surface area contributed by atoms with Crippen LogP contribution in [0.1, 0.15) is 5.56 Å². The minimum absolute atomic E-state index is 0.627. The summed E-state index contributed by atoms with van der Waals surface area (Å²) in [5.41, 5.74) is 1.55. The van der Waals surface area contributed by atoms with E-state index >= 15 is 0 Å². The van der Waals surface area contributed by atoms with E-state index in [0.717, 1.165) is 11.8 Å². The highest BCUT2D eigenvalue weighted by Crippen LogP contribution is 2.18. The maximum atomic E-state index is 10.9. The SMILES string of the molecule is CS(=O)(=O)Nc1ccccc1CBr. The fourth-order valence-electron chi connectivity index (χ4n) is 0.936. The molecule has 0 fully saturated rings. The number of sulfonamides is 1. The molecule has 72 valence electrons. The first kappa shape index (κ1) is 10.5. The van der Waals surface area contributed by atoms with E-state index in [4.69, 9.17) is 0 Å². The Labute approximate surface area is 86.3 Å². The summed E-state index contributed by atoms with van der Waals surface area (Å²) >= 11 is 3.28. The van der Waals surface area contributed by atoms with Crippen LogP contribution in [-0.4, -0.2) is 14.7 Å². The van der Waals surface area contributed by atoms with Crippen LogP contribution >= 0.6 is 15.9 Å². The van der Waals surface area contributed by atoms with Crippen molar-refractivity contribution in [2.75, 3.05) is 11.0 Å². The topological polar surface area (TPSA) is 46.2 Å². The van der Waals surface area contributed by atoms with Crippen LogP contribution in [-0.2, 0) is 15.4 Å². The second-order valence-corrected chi connectivity index (χ2v) is 4.97. The predicted octanol–water partition coefficient (Wildman–Crippen LogP) is 1.95. The quantitative estimate of drug-likeness (QED) is 0.848. The van der Waals surface area contributed by atoms with E-state index < -0.39 is 10.0 Å². The van der Waals surface area contributed by atoms with Crippen molar-refractivity contribution in [3.63, 3.8) is 0 Å². The lowest BCUT2D eigenvalue weighted by molar-refractivity contribution is 0.607. The molecule has 0 atom stereocenters. The number of hydrogen-bond acceptors (Lipinski definition) is 2. The lowest BCUT2D eigenvalue weighted by atomic mass is 10.2. The van der Waals surface area contributed by atoms with Crippen molar-refractivity contribution in [3.05, 3.63) is 29.8 Å². The van der Waals surface area contributed by atoms with Gasteiger partial charge in [0.15, 0.2) is 0 Å². The van der Waals surface area contributed by atoms with E-state index in [1.54, 1.807) is 12.1 Å². The Morgan fingerprint density at radius 3 is 2.54 bits per heavy atom. The Hall–Kier alpha value is -0.550. The average Bonchev–Trinajstić information content (AvgIpc) is 2.02. The molecular formula is C8H10BrNO2S. The molecule has 0 amide bonds. The van der Waals surface area contributed by atoms with Gasteiger partial charge in [0.05, 0.1) is 11.9 Å². The van der Waals surface area contributed by atoms with Crippen LogP contribution in [0.2, 0.25) is 0 Å². The molecule has 0 heterocycles. The third-order valence-electron chi connectivity index (χ3n) is 1.46. The summed E-state index contributed by atoms with van der Waals surface area (Å²) in [6.45, 7) is 0. The largest absolute Gasteiger partial charge is 0.283 e. The van der Waals surface area contributed by atoms with Gasteiger partial charge in [0.1, 0.15) is 0 Å². The van der Waals surface area contributed by atoms with Crippen molar-refractivity contribution in [1.29, 1.82) is 0 Å². The molecule has 0 unspecified atom stereocenters. The fourth-order valence-corrected chi connectivity index (χ4v) is 2.02. The van der Waals surface area contributed by atoms with Gasteiger partial charge in [-0.1, -0.05) is 34.1 Å². The molecule has 1 N–H and O–H groups in total. The molecule has 0 spiro atoms. The second kappa shape index (κ2) is 4.11. The van der Waals surface area contributed by atoms with Crippen LogP contribution in [0.4, 0.5) is 5.69 Å². The van der Waals surface area contributed by atoms with E-state index in [2.05, 4.69) is 20.7 Å². The zero-order valence-corrected chi connectivity index (χ0v) is 9.52. The van der Waals surface area contributed by atoms with Gasteiger partial charge in [-0.25, -0.2) is 8.42 Å². The van der Waals surface area contributed by atoms with Crippen molar-refractivity contribution >= 4 is 31.6 Å². The number of rotatable bonds is 3. The first-order valence-electron chi connectivity index (χ1n) is 3.64. The summed E-state index contributed by atoms with van der Waals surface area (Å²) < 4.78 is 24.3. The molecule has 1 aromatic rings. The van der Waals surface area contributed by atoms with Gasteiger partial charge >= 0.3 is 0 Å². The normalized spacial score (nSPS) is 11.2. The summed E-state index contributed by atoms with van der Waals surface area (Å²) in [6.07, 6.45) is 1.14. The molecule has 0 radical (unpaired) electrons. The van der Waals surface area contributed by atoms with Gasteiger partial charge in [-0.05, 0) is 11.6 Å². The fraction of sp³-hybridized carbons (Fsp3) is 0.250. The highest BCUT2D eigenvalue weighted by molar-refractivity contribution is 9.08. The summed E-state index contributed by atoms with van der Waals surface area (Å²) in [4.78, 5) is 0. The van der Waals surface area contributed by atoms with Gasteiger partial charge in [0.2, 0.25) is 10.0 Å². The van der Waals surface area contributed by atoms with Gasteiger partial charge in [0.25, 0.3) is 0 Å². The van der Waals surface area contributed by atoms with Crippen LogP contribution in [0, 0.1) is 0 Å². The van der Waals surface area contributed by atoms with E-state index in [9.17, 15) is 8.42 Å². The molecule has 0 aromatic heterocycles. The molecule has 0 saturated heterocycles. The Morgan fingerprint density at radius 2 is 2.00 bits per heavy atom. The average molecular weight is 264 g/mol. The van der Waals surface area contributed by atoms with E-state index in [1.165, 1.54) is 0 Å². The van der Waals surface area contributed by atoms with Gasteiger partial charge in [-0.2, -0.15) is 0 Å². The number of benzene rings is 1. The molecule has 0 aliphatic heterocycles. The maximum Gasteiger partial charge on any atom is 0.229 e. The van der Waals surface area contributed by atoms with E-state index in [1.807, 2.05) is 12.1 Å². The van der Waals surface area contributed by atoms with Gasteiger partial charge in [-0.3, -0.25) is 4.72 Å². The molecule has 3 nitrogen and oxygen atoms in total. The van der Waals surface area contributed by atoms with E-state index in [0.29, 0.717) is 11.0 Å². The minimum Gasteiger partial charge on any atom is -0.283 e. The molecule has 0 aliphatic carbocycles. The number of halogens is 1. The summed E-state index contributed by atoms with van der Waals surface area (Å²) in [5.74, 6) is 0. The summed E-state index contributed by atoms with van der Waals surface area (Å²) in [7, 11) is -3.18. The van der Waals surface area contributed by atoms with Crippen molar-refractivity contribution < 1.29 is 8.42 Å². The zero-order chi connectivity index (χ0) is 9.90.